The highest BCUT2D eigenvalue weighted by Gasteiger charge is 2.39. The van der Waals surface area contributed by atoms with Crippen LogP contribution in [-0.4, -0.2) is 38.6 Å². The first-order valence-corrected chi connectivity index (χ1v) is 8.11. The van der Waals surface area contributed by atoms with Gasteiger partial charge in [-0.15, -0.1) is 10.2 Å². The van der Waals surface area contributed by atoms with Gasteiger partial charge in [0.25, 0.3) is 0 Å². The second-order valence-electron chi connectivity index (χ2n) is 6.83. The van der Waals surface area contributed by atoms with E-state index in [2.05, 4.69) is 25.4 Å². The Balaban J connectivity index is 1.63. The Morgan fingerprint density at radius 1 is 1.36 bits per heavy atom. The van der Waals surface area contributed by atoms with Crippen LogP contribution >= 0.6 is 0 Å². The molecular formula is C15H25N5O2. The lowest BCUT2D eigenvalue weighted by atomic mass is 9.86. The summed E-state index contributed by atoms with van der Waals surface area (Å²) in [5.74, 6) is 1.74. The van der Waals surface area contributed by atoms with Crippen molar-refractivity contribution in [1.29, 1.82) is 0 Å². The molecule has 122 valence electrons. The molecule has 3 atom stereocenters. The molecule has 0 bridgehead atoms. The number of carbonyl (C=O) groups excluding carboxylic acids is 1. The quantitative estimate of drug-likeness (QED) is 0.784. The van der Waals surface area contributed by atoms with Crippen molar-refractivity contribution in [3.05, 3.63) is 11.6 Å². The lowest BCUT2D eigenvalue weighted by molar-refractivity contribution is 0.120. The van der Waals surface area contributed by atoms with E-state index in [1.165, 1.54) is 0 Å². The van der Waals surface area contributed by atoms with E-state index in [0.29, 0.717) is 0 Å². The summed E-state index contributed by atoms with van der Waals surface area (Å²) in [5.41, 5.74) is -0.208. The zero-order valence-electron chi connectivity index (χ0n) is 13.3. The van der Waals surface area contributed by atoms with E-state index in [9.17, 15) is 9.90 Å². The minimum Gasteiger partial charge on any atom is -0.396 e. The predicted octanol–water partition coefficient (Wildman–Crippen LogP) is 1.27. The molecule has 3 rings (SSSR count). The average Bonchev–Trinajstić information content (AvgIpc) is 3.05. The number of nitrogens with zero attached hydrogens (tertiary/aromatic N) is 3. The molecule has 1 saturated carbocycles. The molecule has 22 heavy (non-hydrogen) atoms. The number of aliphatic hydroxyl groups is 1. The number of amides is 2. The first-order valence-electron chi connectivity index (χ1n) is 8.11. The zero-order chi connectivity index (χ0) is 15.7. The number of rotatable bonds is 3. The zero-order valence-corrected chi connectivity index (χ0v) is 13.3. The molecule has 1 aliphatic carbocycles. The molecule has 0 saturated heterocycles. The third-order valence-corrected chi connectivity index (χ3v) is 5.20. The van der Waals surface area contributed by atoms with Gasteiger partial charge in [0.05, 0.1) is 12.6 Å². The fraction of sp³-hybridized carbons (Fsp3) is 0.800. The van der Waals surface area contributed by atoms with Gasteiger partial charge >= 0.3 is 6.03 Å². The Kier molecular flexibility index (Phi) is 4.08. The Bertz CT molecular complexity index is 558. The molecule has 1 aromatic heterocycles. The molecule has 1 fully saturated rings. The van der Waals surface area contributed by atoms with Gasteiger partial charge in [-0.1, -0.05) is 13.3 Å². The molecule has 7 heteroatoms. The number of aromatic nitrogens is 3. The van der Waals surface area contributed by atoms with Crippen LogP contribution in [0.5, 0.6) is 0 Å². The van der Waals surface area contributed by atoms with Crippen molar-refractivity contribution < 1.29 is 9.90 Å². The van der Waals surface area contributed by atoms with Crippen LogP contribution in [0, 0.1) is 12.3 Å². The van der Waals surface area contributed by atoms with Gasteiger partial charge in [-0.2, -0.15) is 0 Å². The lowest BCUT2D eigenvalue weighted by Gasteiger charge is -2.31. The largest absolute Gasteiger partial charge is 0.396 e. The molecule has 0 spiro atoms. The molecule has 2 aliphatic rings. The SMILES string of the molecule is Cc1nnc2n1CCCC2NC(=O)NC1CCCC1(C)CO. The minimum absolute atomic E-state index is 0.0284. The smallest absolute Gasteiger partial charge is 0.315 e. The number of aryl methyl sites for hydroxylation is 1. The minimum atomic E-state index is -0.208. The Labute approximate surface area is 130 Å². The summed E-state index contributed by atoms with van der Waals surface area (Å²) >= 11 is 0. The second kappa shape index (κ2) is 5.87. The van der Waals surface area contributed by atoms with Crippen LogP contribution in [0.2, 0.25) is 0 Å². The molecule has 0 radical (unpaired) electrons. The average molecular weight is 307 g/mol. The van der Waals surface area contributed by atoms with E-state index in [-0.39, 0.29) is 30.1 Å². The van der Waals surface area contributed by atoms with Gasteiger partial charge in [0.15, 0.2) is 5.82 Å². The van der Waals surface area contributed by atoms with Gasteiger partial charge in [-0.05, 0) is 32.6 Å². The fourth-order valence-electron chi connectivity index (χ4n) is 3.68. The van der Waals surface area contributed by atoms with Crippen LogP contribution in [0.3, 0.4) is 0 Å². The lowest BCUT2D eigenvalue weighted by Crippen LogP contribution is -2.49. The summed E-state index contributed by atoms with van der Waals surface area (Å²) in [5, 5.41) is 23.9. The van der Waals surface area contributed by atoms with E-state index >= 15 is 0 Å². The van der Waals surface area contributed by atoms with Crippen LogP contribution in [0.4, 0.5) is 4.79 Å². The van der Waals surface area contributed by atoms with Crippen molar-refractivity contribution in [2.75, 3.05) is 6.61 Å². The van der Waals surface area contributed by atoms with Crippen molar-refractivity contribution in [2.45, 2.75) is 64.6 Å². The summed E-state index contributed by atoms with van der Waals surface area (Å²) in [6.45, 7) is 4.99. The fourth-order valence-corrected chi connectivity index (χ4v) is 3.68. The number of urea groups is 1. The highest BCUT2D eigenvalue weighted by atomic mass is 16.3. The van der Waals surface area contributed by atoms with Gasteiger partial charge in [0.2, 0.25) is 0 Å². The third-order valence-electron chi connectivity index (χ3n) is 5.20. The molecule has 3 N–H and O–H groups in total. The number of carbonyl (C=O) groups is 1. The molecule has 2 amide bonds. The van der Waals surface area contributed by atoms with Crippen molar-refractivity contribution in [3.63, 3.8) is 0 Å². The maximum absolute atomic E-state index is 12.3. The van der Waals surface area contributed by atoms with Crippen LogP contribution in [0.25, 0.3) is 0 Å². The number of nitrogens with one attached hydrogen (secondary N) is 2. The summed E-state index contributed by atoms with van der Waals surface area (Å²) < 4.78 is 2.07. The maximum atomic E-state index is 12.3. The number of fused-ring (bicyclic) bond motifs is 1. The molecule has 0 aromatic carbocycles. The molecule has 7 nitrogen and oxygen atoms in total. The predicted molar refractivity (Wildman–Crippen MR) is 81.2 cm³/mol. The summed E-state index contributed by atoms with van der Waals surface area (Å²) in [7, 11) is 0. The standard InChI is InChI=1S/C15H25N5O2/c1-10-18-19-13-11(5-4-8-20(10)13)16-14(22)17-12-6-3-7-15(12,2)9-21/h11-12,21H,3-9H2,1-2H3,(H2,16,17,22). The number of aliphatic hydroxyl groups excluding tert-OH is 1. The first-order chi connectivity index (χ1) is 10.5. The van der Waals surface area contributed by atoms with Crippen LogP contribution < -0.4 is 10.6 Å². The van der Waals surface area contributed by atoms with Crippen LogP contribution in [0.1, 0.15) is 56.7 Å². The molecule has 3 unspecified atom stereocenters. The molecule has 2 heterocycles. The van der Waals surface area contributed by atoms with E-state index in [1.54, 1.807) is 0 Å². The Morgan fingerprint density at radius 3 is 2.95 bits per heavy atom. The third kappa shape index (κ3) is 2.69. The second-order valence-corrected chi connectivity index (χ2v) is 6.83. The van der Waals surface area contributed by atoms with Crippen molar-refractivity contribution in [2.24, 2.45) is 5.41 Å². The van der Waals surface area contributed by atoms with Crippen LogP contribution in [-0.2, 0) is 6.54 Å². The molecular weight excluding hydrogens is 282 g/mol. The monoisotopic (exact) mass is 307 g/mol. The van der Waals surface area contributed by atoms with Crippen LogP contribution in [0.15, 0.2) is 0 Å². The first kappa shape index (κ1) is 15.3. The maximum Gasteiger partial charge on any atom is 0.315 e. The summed E-state index contributed by atoms with van der Waals surface area (Å²) in [6, 6.07) is -0.233. The van der Waals surface area contributed by atoms with Crippen molar-refractivity contribution in [1.82, 2.24) is 25.4 Å². The van der Waals surface area contributed by atoms with Crippen molar-refractivity contribution in [3.8, 4) is 0 Å². The highest BCUT2D eigenvalue weighted by Crippen LogP contribution is 2.37. The van der Waals surface area contributed by atoms with Gasteiger partial charge in [-0.25, -0.2) is 4.79 Å². The Hall–Kier alpha value is -1.63. The highest BCUT2D eigenvalue weighted by molar-refractivity contribution is 5.74. The van der Waals surface area contributed by atoms with E-state index in [0.717, 1.165) is 50.3 Å². The van der Waals surface area contributed by atoms with Gasteiger partial charge in [-0.3, -0.25) is 0 Å². The van der Waals surface area contributed by atoms with Gasteiger partial charge < -0.3 is 20.3 Å². The van der Waals surface area contributed by atoms with E-state index < -0.39 is 0 Å². The summed E-state index contributed by atoms with van der Waals surface area (Å²) in [4.78, 5) is 12.3. The normalized spacial score (nSPS) is 30.9. The number of hydrogen-bond acceptors (Lipinski definition) is 4. The molecule has 1 aromatic rings. The van der Waals surface area contributed by atoms with E-state index in [1.807, 2.05) is 13.8 Å². The summed E-state index contributed by atoms with van der Waals surface area (Å²) in [6.07, 6.45) is 4.80. The Morgan fingerprint density at radius 2 is 2.18 bits per heavy atom. The van der Waals surface area contributed by atoms with Gasteiger partial charge in [0.1, 0.15) is 5.82 Å². The van der Waals surface area contributed by atoms with Gasteiger partial charge in [0, 0.05) is 18.0 Å². The molecule has 1 aliphatic heterocycles. The number of hydrogen-bond donors (Lipinski definition) is 3. The topological polar surface area (TPSA) is 92.1 Å². The van der Waals surface area contributed by atoms with E-state index in [4.69, 9.17) is 0 Å². The van der Waals surface area contributed by atoms with Crippen molar-refractivity contribution >= 4 is 6.03 Å².